The summed E-state index contributed by atoms with van der Waals surface area (Å²) in [5.41, 5.74) is 4.23. The number of amides is 2. The molecule has 27 heavy (non-hydrogen) atoms. The molecule has 0 aliphatic carbocycles. The van der Waals surface area contributed by atoms with Crippen LogP contribution < -0.4 is 10.7 Å². The van der Waals surface area contributed by atoms with E-state index in [2.05, 4.69) is 29.7 Å². The third kappa shape index (κ3) is 4.95. The van der Waals surface area contributed by atoms with Gasteiger partial charge in [0.2, 0.25) is 5.91 Å². The standard InChI is InChI=1S/C20H28N4O3/c1-13(2)17(25)19(27)21-14(3)18(26)23-24-12-11-16(22-24)20(4,5)15-9-7-6-8-10-15/h6-14,17,25H,1-5H3,(H,21,27)(H,23,26)/t14?,17-/m0/s1. The second-order valence-corrected chi connectivity index (χ2v) is 7.53. The van der Waals surface area contributed by atoms with Crippen molar-refractivity contribution < 1.29 is 14.7 Å². The highest BCUT2D eigenvalue weighted by Gasteiger charge is 2.27. The number of aliphatic hydroxyl groups excluding tert-OH is 1. The molecule has 2 aromatic rings. The SMILES string of the molecule is CC(NC(=O)[C@@H](O)C(C)C)C(=O)Nn1ccc(C(C)(C)c2ccccc2)n1. The van der Waals surface area contributed by atoms with Gasteiger partial charge in [0, 0.05) is 11.6 Å². The molecular formula is C20H28N4O3. The molecule has 1 heterocycles. The van der Waals surface area contributed by atoms with Crippen LogP contribution in [0.4, 0.5) is 0 Å². The lowest BCUT2D eigenvalue weighted by molar-refractivity contribution is -0.134. The summed E-state index contributed by atoms with van der Waals surface area (Å²) in [5.74, 6) is -1.22. The Bertz CT molecular complexity index is 784. The van der Waals surface area contributed by atoms with Crippen LogP contribution in [0.1, 0.15) is 45.9 Å². The Labute approximate surface area is 159 Å². The minimum atomic E-state index is -1.15. The maximum Gasteiger partial charge on any atom is 0.262 e. The van der Waals surface area contributed by atoms with Crippen molar-refractivity contribution in [2.45, 2.75) is 52.2 Å². The van der Waals surface area contributed by atoms with E-state index >= 15 is 0 Å². The number of carbonyl (C=O) groups is 2. The van der Waals surface area contributed by atoms with Crippen molar-refractivity contribution in [3.8, 4) is 0 Å². The number of aliphatic hydroxyl groups is 1. The van der Waals surface area contributed by atoms with E-state index < -0.39 is 24.0 Å². The summed E-state index contributed by atoms with van der Waals surface area (Å²) < 4.78 is 0. The van der Waals surface area contributed by atoms with Gasteiger partial charge in [0.15, 0.2) is 0 Å². The lowest BCUT2D eigenvalue weighted by atomic mass is 9.82. The van der Waals surface area contributed by atoms with Crippen LogP contribution in [0.15, 0.2) is 42.6 Å². The topological polar surface area (TPSA) is 96.3 Å². The summed E-state index contributed by atoms with van der Waals surface area (Å²) in [6.07, 6.45) is 0.512. The highest BCUT2D eigenvalue weighted by Crippen LogP contribution is 2.29. The minimum Gasteiger partial charge on any atom is -0.383 e. The molecule has 0 aliphatic heterocycles. The summed E-state index contributed by atoms with van der Waals surface area (Å²) in [6, 6.07) is 11.0. The maximum absolute atomic E-state index is 12.3. The molecule has 0 fully saturated rings. The summed E-state index contributed by atoms with van der Waals surface area (Å²) in [7, 11) is 0. The van der Waals surface area contributed by atoms with Crippen LogP contribution in [0.2, 0.25) is 0 Å². The number of rotatable bonds is 7. The first-order valence-electron chi connectivity index (χ1n) is 9.04. The van der Waals surface area contributed by atoms with Gasteiger partial charge >= 0.3 is 0 Å². The van der Waals surface area contributed by atoms with Gasteiger partial charge in [0.25, 0.3) is 5.91 Å². The number of benzene rings is 1. The van der Waals surface area contributed by atoms with Gasteiger partial charge in [-0.2, -0.15) is 9.89 Å². The molecule has 2 atom stereocenters. The van der Waals surface area contributed by atoms with Crippen molar-refractivity contribution in [2.24, 2.45) is 5.92 Å². The van der Waals surface area contributed by atoms with Crippen LogP contribution >= 0.6 is 0 Å². The van der Waals surface area contributed by atoms with Gasteiger partial charge in [0.1, 0.15) is 12.1 Å². The van der Waals surface area contributed by atoms with E-state index in [-0.39, 0.29) is 11.3 Å². The maximum atomic E-state index is 12.3. The third-order valence-electron chi connectivity index (χ3n) is 4.60. The molecule has 1 unspecified atom stereocenters. The van der Waals surface area contributed by atoms with Crippen molar-refractivity contribution in [1.82, 2.24) is 15.2 Å². The molecule has 146 valence electrons. The van der Waals surface area contributed by atoms with Crippen LogP contribution in [-0.2, 0) is 15.0 Å². The Morgan fingerprint density at radius 2 is 1.70 bits per heavy atom. The predicted molar refractivity (Wildman–Crippen MR) is 104 cm³/mol. The lowest BCUT2D eigenvalue weighted by Crippen LogP contribution is -2.48. The van der Waals surface area contributed by atoms with E-state index in [1.165, 1.54) is 4.79 Å². The second-order valence-electron chi connectivity index (χ2n) is 7.53. The van der Waals surface area contributed by atoms with Crippen LogP contribution in [0.5, 0.6) is 0 Å². The van der Waals surface area contributed by atoms with Crippen molar-refractivity contribution in [3.05, 3.63) is 53.9 Å². The average molecular weight is 372 g/mol. The van der Waals surface area contributed by atoms with Crippen molar-refractivity contribution in [1.29, 1.82) is 0 Å². The average Bonchev–Trinajstić information content (AvgIpc) is 3.10. The first kappa shape index (κ1) is 20.6. The van der Waals surface area contributed by atoms with Crippen LogP contribution in [0.3, 0.4) is 0 Å². The fraction of sp³-hybridized carbons (Fsp3) is 0.450. The van der Waals surface area contributed by atoms with E-state index in [9.17, 15) is 14.7 Å². The number of hydrogen-bond acceptors (Lipinski definition) is 4. The molecular weight excluding hydrogens is 344 g/mol. The van der Waals surface area contributed by atoms with Crippen molar-refractivity contribution in [3.63, 3.8) is 0 Å². The van der Waals surface area contributed by atoms with Gasteiger partial charge in [-0.05, 0) is 24.5 Å². The molecule has 2 amide bonds. The van der Waals surface area contributed by atoms with Gasteiger partial charge < -0.3 is 10.4 Å². The van der Waals surface area contributed by atoms with Crippen LogP contribution in [-0.4, -0.2) is 39.0 Å². The van der Waals surface area contributed by atoms with Crippen molar-refractivity contribution >= 4 is 11.8 Å². The van der Waals surface area contributed by atoms with Crippen LogP contribution in [0, 0.1) is 5.92 Å². The fourth-order valence-electron chi connectivity index (χ4n) is 2.60. The van der Waals surface area contributed by atoms with Gasteiger partial charge in [-0.3, -0.25) is 9.59 Å². The minimum absolute atomic E-state index is 0.228. The molecule has 0 saturated heterocycles. The van der Waals surface area contributed by atoms with Crippen LogP contribution in [0.25, 0.3) is 0 Å². The van der Waals surface area contributed by atoms with Crippen molar-refractivity contribution in [2.75, 3.05) is 5.43 Å². The Morgan fingerprint density at radius 1 is 1.07 bits per heavy atom. The number of nitrogens with zero attached hydrogens (tertiary/aromatic N) is 2. The summed E-state index contributed by atoms with van der Waals surface area (Å²) in [5, 5.41) is 16.7. The van der Waals surface area contributed by atoms with E-state index in [1.54, 1.807) is 27.0 Å². The Morgan fingerprint density at radius 3 is 2.30 bits per heavy atom. The Balaban J connectivity index is 2.03. The number of aromatic nitrogens is 2. The zero-order valence-corrected chi connectivity index (χ0v) is 16.4. The molecule has 0 radical (unpaired) electrons. The predicted octanol–water partition coefficient (Wildman–Crippen LogP) is 1.80. The quantitative estimate of drug-likeness (QED) is 0.690. The molecule has 7 heteroatoms. The Hall–Kier alpha value is -2.67. The largest absolute Gasteiger partial charge is 0.383 e. The zero-order chi connectivity index (χ0) is 20.2. The Kier molecular flexibility index (Phi) is 6.38. The lowest BCUT2D eigenvalue weighted by Gasteiger charge is -2.23. The highest BCUT2D eigenvalue weighted by atomic mass is 16.3. The monoisotopic (exact) mass is 372 g/mol. The number of nitrogens with one attached hydrogen (secondary N) is 2. The molecule has 3 N–H and O–H groups in total. The highest BCUT2D eigenvalue weighted by molar-refractivity contribution is 5.93. The van der Waals surface area contributed by atoms with E-state index in [4.69, 9.17) is 0 Å². The van der Waals surface area contributed by atoms with Gasteiger partial charge in [-0.15, -0.1) is 0 Å². The summed E-state index contributed by atoms with van der Waals surface area (Å²) in [4.78, 5) is 25.5. The molecule has 7 nitrogen and oxygen atoms in total. The molecule has 1 aromatic heterocycles. The normalized spacial score (nSPS) is 13.9. The number of hydrogen-bond donors (Lipinski definition) is 3. The smallest absolute Gasteiger partial charge is 0.262 e. The molecule has 2 rings (SSSR count). The van der Waals surface area contributed by atoms with E-state index in [0.717, 1.165) is 11.3 Å². The summed E-state index contributed by atoms with van der Waals surface area (Å²) in [6.45, 7) is 9.14. The van der Waals surface area contributed by atoms with Gasteiger partial charge in [-0.25, -0.2) is 5.43 Å². The first-order chi connectivity index (χ1) is 12.6. The molecule has 0 saturated carbocycles. The second kappa shape index (κ2) is 8.35. The fourth-order valence-corrected chi connectivity index (χ4v) is 2.60. The molecule has 0 bridgehead atoms. The third-order valence-corrected chi connectivity index (χ3v) is 4.60. The zero-order valence-electron chi connectivity index (χ0n) is 16.4. The first-order valence-corrected chi connectivity index (χ1v) is 9.04. The molecule has 0 aliphatic rings. The molecule has 1 aromatic carbocycles. The van der Waals surface area contributed by atoms with E-state index in [0.29, 0.717) is 0 Å². The van der Waals surface area contributed by atoms with E-state index in [1.807, 2.05) is 36.4 Å². The van der Waals surface area contributed by atoms with Gasteiger partial charge in [0.05, 0.1) is 5.69 Å². The summed E-state index contributed by atoms with van der Waals surface area (Å²) >= 11 is 0. The van der Waals surface area contributed by atoms with Gasteiger partial charge in [-0.1, -0.05) is 58.0 Å². The number of carbonyl (C=O) groups excluding carboxylic acids is 2. The molecule has 0 spiro atoms.